The number of aliphatic hydroxyl groups excluding tert-OH is 1. The summed E-state index contributed by atoms with van der Waals surface area (Å²) in [4.78, 5) is 28.3. The number of hydrogen-bond donors (Lipinski definition) is 1. The standard InChI is InChI=1S/C32H35NO4/c1-4-5-6-10-20-37-27-15-11-14-26(21-27)33-29(24-18-16-23(17-19-24)22(2)3)28(31(35)32(33)36)30(34)25-12-8-7-9-13-25/h7-9,11-19,21-22,29,34H,4-6,10,20H2,1-3H3/b30-28-. The SMILES string of the molecule is CCCCCCOc1cccc(N2C(=O)C(=O)/C(=C(\O)c3ccccc3)C2c2ccc(C(C)C)cc2)c1. The third kappa shape index (κ3) is 5.77. The molecule has 1 fully saturated rings. The quantitative estimate of drug-likeness (QED) is 0.137. The molecule has 0 spiro atoms. The van der Waals surface area contributed by atoms with Gasteiger partial charge in [0.25, 0.3) is 11.7 Å². The molecule has 0 aliphatic carbocycles. The number of hydrogen-bond acceptors (Lipinski definition) is 4. The van der Waals surface area contributed by atoms with E-state index >= 15 is 0 Å². The second-order valence-electron chi connectivity index (χ2n) is 9.76. The van der Waals surface area contributed by atoms with E-state index in [4.69, 9.17) is 4.74 Å². The lowest BCUT2D eigenvalue weighted by Crippen LogP contribution is -2.29. The average Bonchev–Trinajstić information content (AvgIpc) is 3.19. The smallest absolute Gasteiger partial charge is 0.300 e. The number of rotatable bonds is 10. The van der Waals surface area contributed by atoms with Crippen molar-refractivity contribution >= 4 is 23.1 Å². The molecule has 1 amide bonds. The summed E-state index contributed by atoms with van der Waals surface area (Å²) in [5, 5.41) is 11.2. The molecule has 0 aromatic heterocycles. The second kappa shape index (κ2) is 11.9. The number of ketones is 1. The van der Waals surface area contributed by atoms with Gasteiger partial charge in [-0.05, 0) is 35.6 Å². The number of ether oxygens (including phenoxy) is 1. The number of nitrogens with zero attached hydrogens (tertiary/aromatic N) is 1. The van der Waals surface area contributed by atoms with Crippen molar-refractivity contribution in [1.29, 1.82) is 0 Å². The number of amides is 1. The largest absolute Gasteiger partial charge is 0.507 e. The molecule has 5 heteroatoms. The van der Waals surface area contributed by atoms with Crippen molar-refractivity contribution in [2.45, 2.75) is 58.4 Å². The van der Waals surface area contributed by atoms with Gasteiger partial charge in [-0.2, -0.15) is 0 Å². The molecule has 0 saturated carbocycles. The molecule has 0 radical (unpaired) electrons. The molecule has 1 aliphatic rings. The van der Waals surface area contributed by atoms with Gasteiger partial charge >= 0.3 is 0 Å². The number of carbonyl (C=O) groups is 2. The van der Waals surface area contributed by atoms with Gasteiger partial charge in [-0.15, -0.1) is 0 Å². The van der Waals surface area contributed by atoms with Crippen LogP contribution in [0.4, 0.5) is 5.69 Å². The maximum absolute atomic E-state index is 13.4. The summed E-state index contributed by atoms with van der Waals surface area (Å²) in [5.74, 6) is -0.563. The zero-order chi connectivity index (χ0) is 26.4. The summed E-state index contributed by atoms with van der Waals surface area (Å²) in [5.41, 5.74) is 3.04. The molecule has 4 rings (SSSR count). The van der Waals surface area contributed by atoms with E-state index in [1.165, 1.54) is 11.3 Å². The molecular formula is C32H35NO4. The topological polar surface area (TPSA) is 66.8 Å². The Bertz CT molecular complexity index is 1260. The van der Waals surface area contributed by atoms with Crippen LogP contribution in [-0.4, -0.2) is 23.4 Å². The van der Waals surface area contributed by atoms with Crippen LogP contribution >= 0.6 is 0 Å². The number of aliphatic hydroxyl groups is 1. The molecule has 1 heterocycles. The molecule has 1 N–H and O–H groups in total. The van der Waals surface area contributed by atoms with Crippen LogP contribution in [0.15, 0.2) is 84.4 Å². The Morgan fingerprint density at radius 1 is 0.919 bits per heavy atom. The molecule has 1 aliphatic heterocycles. The van der Waals surface area contributed by atoms with Crippen molar-refractivity contribution in [3.05, 3.63) is 101 Å². The molecule has 1 saturated heterocycles. The summed E-state index contributed by atoms with van der Waals surface area (Å²) in [7, 11) is 0. The zero-order valence-corrected chi connectivity index (χ0v) is 21.8. The minimum Gasteiger partial charge on any atom is -0.507 e. The Labute approximate surface area is 219 Å². The molecule has 1 unspecified atom stereocenters. The number of benzene rings is 3. The van der Waals surface area contributed by atoms with Crippen LogP contribution in [0.5, 0.6) is 5.75 Å². The van der Waals surface area contributed by atoms with Crippen molar-refractivity contribution in [3.8, 4) is 5.75 Å². The maximum Gasteiger partial charge on any atom is 0.300 e. The fourth-order valence-corrected chi connectivity index (χ4v) is 4.67. The predicted molar refractivity (Wildman–Crippen MR) is 148 cm³/mol. The normalized spacial score (nSPS) is 17.0. The Morgan fingerprint density at radius 3 is 2.32 bits per heavy atom. The molecule has 37 heavy (non-hydrogen) atoms. The van der Waals surface area contributed by atoms with Crippen LogP contribution in [0.3, 0.4) is 0 Å². The molecule has 1 atom stereocenters. The van der Waals surface area contributed by atoms with E-state index in [1.807, 2.05) is 42.5 Å². The third-order valence-corrected chi connectivity index (χ3v) is 6.77. The van der Waals surface area contributed by atoms with Crippen molar-refractivity contribution in [2.24, 2.45) is 0 Å². The minimum atomic E-state index is -0.763. The predicted octanol–water partition coefficient (Wildman–Crippen LogP) is 7.40. The Morgan fingerprint density at radius 2 is 1.65 bits per heavy atom. The van der Waals surface area contributed by atoms with E-state index in [0.29, 0.717) is 29.5 Å². The minimum absolute atomic E-state index is 0.0828. The van der Waals surface area contributed by atoms with Gasteiger partial charge in [0.15, 0.2) is 0 Å². The van der Waals surface area contributed by atoms with Crippen molar-refractivity contribution in [1.82, 2.24) is 0 Å². The Balaban J connectivity index is 1.76. The summed E-state index contributed by atoms with van der Waals surface area (Å²) < 4.78 is 5.96. The summed E-state index contributed by atoms with van der Waals surface area (Å²) in [6.45, 7) is 6.99. The van der Waals surface area contributed by atoms with Gasteiger partial charge in [0, 0.05) is 17.3 Å². The van der Waals surface area contributed by atoms with Gasteiger partial charge in [0.2, 0.25) is 0 Å². The highest BCUT2D eigenvalue weighted by Gasteiger charge is 2.47. The van der Waals surface area contributed by atoms with E-state index in [2.05, 4.69) is 20.8 Å². The first-order chi connectivity index (χ1) is 17.9. The number of carbonyl (C=O) groups excluding carboxylic acids is 2. The van der Waals surface area contributed by atoms with Gasteiger partial charge in [-0.3, -0.25) is 14.5 Å². The van der Waals surface area contributed by atoms with Crippen LogP contribution < -0.4 is 9.64 Å². The molecule has 5 nitrogen and oxygen atoms in total. The first-order valence-electron chi connectivity index (χ1n) is 13.1. The molecule has 3 aromatic rings. The lowest BCUT2D eigenvalue weighted by Gasteiger charge is -2.26. The molecule has 192 valence electrons. The van der Waals surface area contributed by atoms with E-state index in [0.717, 1.165) is 30.4 Å². The monoisotopic (exact) mass is 497 g/mol. The van der Waals surface area contributed by atoms with Gasteiger partial charge in [0.05, 0.1) is 18.2 Å². The van der Waals surface area contributed by atoms with E-state index in [9.17, 15) is 14.7 Å². The number of unbranched alkanes of at least 4 members (excludes halogenated alkanes) is 3. The fraction of sp³-hybridized carbons (Fsp3) is 0.312. The summed E-state index contributed by atoms with van der Waals surface area (Å²) in [6, 6.07) is 23.3. The zero-order valence-electron chi connectivity index (χ0n) is 21.8. The number of anilines is 1. The Hall–Kier alpha value is -3.86. The van der Waals surface area contributed by atoms with Crippen LogP contribution in [0.2, 0.25) is 0 Å². The van der Waals surface area contributed by atoms with Gasteiger partial charge in [-0.1, -0.05) is 101 Å². The van der Waals surface area contributed by atoms with Crippen LogP contribution in [0.1, 0.15) is 75.1 Å². The summed E-state index contributed by atoms with van der Waals surface area (Å²) in [6.07, 6.45) is 4.40. The summed E-state index contributed by atoms with van der Waals surface area (Å²) >= 11 is 0. The fourth-order valence-electron chi connectivity index (χ4n) is 4.67. The van der Waals surface area contributed by atoms with Crippen LogP contribution in [-0.2, 0) is 9.59 Å². The number of Topliss-reactive ketones (excluding diaryl/α,β-unsaturated/α-hetero) is 1. The van der Waals surface area contributed by atoms with Crippen LogP contribution in [0.25, 0.3) is 5.76 Å². The van der Waals surface area contributed by atoms with E-state index in [-0.39, 0.29) is 11.3 Å². The van der Waals surface area contributed by atoms with E-state index < -0.39 is 17.7 Å². The second-order valence-corrected chi connectivity index (χ2v) is 9.76. The lowest BCUT2D eigenvalue weighted by atomic mass is 9.93. The first-order valence-corrected chi connectivity index (χ1v) is 13.1. The molecule has 0 bridgehead atoms. The maximum atomic E-state index is 13.4. The molecular weight excluding hydrogens is 462 g/mol. The van der Waals surface area contributed by atoms with E-state index in [1.54, 1.807) is 36.4 Å². The highest BCUT2D eigenvalue weighted by molar-refractivity contribution is 6.51. The van der Waals surface area contributed by atoms with Crippen LogP contribution in [0, 0.1) is 0 Å². The highest BCUT2D eigenvalue weighted by Crippen LogP contribution is 2.43. The molecule has 3 aromatic carbocycles. The third-order valence-electron chi connectivity index (χ3n) is 6.77. The van der Waals surface area contributed by atoms with Crippen molar-refractivity contribution < 1.29 is 19.4 Å². The first kappa shape index (κ1) is 26.2. The highest BCUT2D eigenvalue weighted by atomic mass is 16.5. The average molecular weight is 498 g/mol. The van der Waals surface area contributed by atoms with Gasteiger partial charge in [-0.25, -0.2) is 0 Å². The van der Waals surface area contributed by atoms with Crippen molar-refractivity contribution in [2.75, 3.05) is 11.5 Å². The van der Waals surface area contributed by atoms with Gasteiger partial charge < -0.3 is 9.84 Å². The van der Waals surface area contributed by atoms with Crippen molar-refractivity contribution in [3.63, 3.8) is 0 Å². The van der Waals surface area contributed by atoms with Gasteiger partial charge in [0.1, 0.15) is 11.5 Å². The lowest BCUT2D eigenvalue weighted by molar-refractivity contribution is -0.132. The Kier molecular flexibility index (Phi) is 8.44.